The van der Waals surface area contributed by atoms with Gasteiger partial charge in [0.05, 0.1) is 0 Å². The lowest BCUT2D eigenvalue weighted by molar-refractivity contribution is 0.453. The Labute approximate surface area is 85.8 Å². The molecule has 0 saturated carbocycles. The van der Waals surface area contributed by atoms with Gasteiger partial charge in [-0.3, -0.25) is 0 Å². The molecule has 0 amide bonds. The predicted molar refractivity (Wildman–Crippen MR) is 59.4 cm³/mol. The van der Waals surface area contributed by atoms with Crippen LogP contribution in [0.4, 0.5) is 0 Å². The van der Waals surface area contributed by atoms with Crippen molar-refractivity contribution in [3.05, 3.63) is 28.8 Å². The van der Waals surface area contributed by atoms with Gasteiger partial charge in [-0.05, 0) is 25.8 Å². The fourth-order valence-electron chi connectivity index (χ4n) is 1.74. The van der Waals surface area contributed by atoms with Gasteiger partial charge in [0.1, 0.15) is 5.75 Å². The number of aromatic hydroxyl groups is 1. The van der Waals surface area contributed by atoms with Crippen LogP contribution in [0.5, 0.6) is 5.75 Å². The molecule has 3 N–H and O–H groups in total. The van der Waals surface area contributed by atoms with Crippen molar-refractivity contribution in [2.75, 3.05) is 0 Å². The number of hydrogen-bond donors (Lipinski definition) is 2. The number of aryl methyl sites for hydroxylation is 2. The van der Waals surface area contributed by atoms with Crippen molar-refractivity contribution in [3.63, 3.8) is 0 Å². The van der Waals surface area contributed by atoms with Crippen LogP contribution in [0.3, 0.4) is 0 Å². The molecular formula is C12H19NO. The van der Waals surface area contributed by atoms with E-state index in [2.05, 4.69) is 6.92 Å². The smallest absolute Gasteiger partial charge is 0.123 e. The van der Waals surface area contributed by atoms with Crippen molar-refractivity contribution < 1.29 is 5.11 Å². The molecule has 0 aliphatic rings. The number of benzene rings is 1. The minimum Gasteiger partial charge on any atom is -0.507 e. The summed E-state index contributed by atoms with van der Waals surface area (Å²) in [6.45, 7) is 6.03. The first kappa shape index (κ1) is 11.1. The molecule has 0 aromatic heterocycles. The molecule has 0 bridgehead atoms. The van der Waals surface area contributed by atoms with E-state index in [4.69, 9.17) is 5.73 Å². The Morgan fingerprint density at radius 2 is 2.00 bits per heavy atom. The molecule has 2 heteroatoms. The quantitative estimate of drug-likeness (QED) is 0.775. The van der Waals surface area contributed by atoms with Crippen LogP contribution in [-0.2, 0) is 0 Å². The molecule has 0 saturated heterocycles. The number of rotatable bonds is 3. The first-order chi connectivity index (χ1) is 6.56. The zero-order chi connectivity index (χ0) is 10.7. The molecule has 0 aliphatic carbocycles. The average Bonchev–Trinajstić information content (AvgIpc) is 2.11. The van der Waals surface area contributed by atoms with Crippen LogP contribution in [0.15, 0.2) is 12.1 Å². The summed E-state index contributed by atoms with van der Waals surface area (Å²) < 4.78 is 0. The highest BCUT2D eigenvalue weighted by Gasteiger charge is 2.12. The third-order valence-corrected chi connectivity index (χ3v) is 2.47. The second-order valence-electron chi connectivity index (χ2n) is 3.91. The maximum absolute atomic E-state index is 9.84. The van der Waals surface area contributed by atoms with Crippen molar-refractivity contribution in [2.24, 2.45) is 5.73 Å². The summed E-state index contributed by atoms with van der Waals surface area (Å²) in [7, 11) is 0. The van der Waals surface area contributed by atoms with Crippen molar-refractivity contribution in [3.8, 4) is 5.75 Å². The lowest BCUT2D eigenvalue weighted by atomic mass is 9.97. The molecule has 14 heavy (non-hydrogen) atoms. The van der Waals surface area contributed by atoms with Gasteiger partial charge in [-0.25, -0.2) is 0 Å². The van der Waals surface area contributed by atoms with Gasteiger partial charge in [0.15, 0.2) is 0 Å². The van der Waals surface area contributed by atoms with Gasteiger partial charge in [-0.1, -0.05) is 31.0 Å². The van der Waals surface area contributed by atoms with Gasteiger partial charge in [-0.15, -0.1) is 0 Å². The van der Waals surface area contributed by atoms with Crippen molar-refractivity contribution in [1.82, 2.24) is 0 Å². The Morgan fingerprint density at radius 3 is 2.57 bits per heavy atom. The molecule has 78 valence electrons. The largest absolute Gasteiger partial charge is 0.507 e. The van der Waals surface area contributed by atoms with Gasteiger partial charge < -0.3 is 10.8 Å². The molecule has 0 aliphatic heterocycles. The molecule has 2 nitrogen and oxygen atoms in total. The highest BCUT2D eigenvalue weighted by molar-refractivity contribution is 5.44. The van der Waals surface area contributed by atoms with Gasteiger partial charge >= 0.3 is 0 Å². The summed E-state index contributed by atoms with van der Waals surface area (Å²) in [4.78, 5) is 0. The topological polar surface area (TPSA) is 46.2 Å². The Bertz CT molecular complexity index is 320. The van der Waals surface area contributed by atoms with E-state index in [0.29, 0.717) is 5.75 Å². The highest BCUT2D eigenvalue weighted by Crippen LogP contribution is 2.29. The summed E-state index contributed by atoms with van der Waals surface area (Å²) >= 11 is 0. The summed E-state index contributed by atoms with van der Waals surface area (Å²) in [6.07, 6.45) is 1.95. The molecule has 0 spiro atoms. The molecular weight excluding hydrogens is 174 g/mol. The third-order valence-electron chi connectivity index (χ3n) is 2.47. The molecule has 1 unspecified atom stereocenters. The van der Waals surface area contributed by atoms with Crippen LogP contribution in [0, 0.1) is 13.8 Å². The van der Waals surface area contributed by atoms with Crippen LogP contribution < -0.4 is 5.73 Å². The van der Waals surface area contributed by atoms with Gasteiger partial charge in [-0.2, -0.15) is 0 Å². The SMILES string of the molecule is CCCC(N)c1cc(C)cc(C)c1O. The van der Waals surface area contributed by atoms with Gasteiger partial charge in [0.25, 0.3) is 0 Å². The predicted octanol–water partition coefficient (Wildman–Crippen LogP) is 2.81. The third kappa shape index (κ3) is 2.26. The summed E-state index contributed by atoms with van der Waals surface area (Å²) in [5.74, 6) is 0.358. The maximum Gasteiger partial charge on any atom is 0.123 e. The Kier molecular flexibility index (Phi) is 3.53. The Morgan fingerprint density at radius 1 is 1.36 bits per heavy atom. The molecule has 0 radical (unpaired) electrons. The standard InChI is InChI=1S/C12H19NO/c1-4-5-11(13)10-7-8(2)6-9(3)12(10)14/h6-7,11,14H,4-5,13H2,1-3H3. The fraction of sp³-hybridized carbons (Fsp3) is 0.500. The average molecular weight is 193 g/mol. The van der Waals surface area contributed by atoms with E-state index in [-0.39, 0.29) is 6.04 Å². The summed E-state index contributed by atoms with van der Waals surface area (Å²) in [6, 6.07) is 3.90. The van der Waals surface area contributed by atoms with Crippen LogP contribution >= 0.6 is 0 Å². The maximum atomic E-state index is 9.84. The van der Waals surface area contributed by atoms with E-state index in [9.17, 15) is 5.11 Å². The van der Waals surface area contributed by atoms with Crippen LogP contribution in [-0.4, -0.2) is 5.11 Å². The number of phenolic OH excluding ortho intramolecular Hbond substituents is 1. The fourth-order valence-corrected chi connectivity index (χ4v) is 1.74. The van der Waals surface area contributed by atoms with Crippen molar-refractivity contribution in [2.45, 2.75) is 39.7 Å². The van der Waals surface area contributed by atoms with E-state index in [1.807, 2.05) is 26.0 Å². The number of hydrogen-bond acceptors (Lipinski definition) is 2. The monoisotopic (exact) mass is 193 g/mol. The van der Waals surface area contributed by atoms with Gasteiger partial charge in [0, 0.05) is 11.6 Å². The van der Waals surface area contributed by atoms with Crippen molar-refractivity contribution in [1.29, 1.82) is 0 Å². The van der Waals surface area contributed by atoms with Gasteiger partial charge in [0.2, 0.25) is 0 Å². The van der Waals surface area contributed by atoms with Crippen LogP contribution in [0.25, 0.3) is 0 Å². The molecule has 1 aromatic rings. The van der Waals surface area contributed by atoms with Crippen LogP contribution in [0.1, 0.15) is 42.5 Å². The minimum absolute atomic E-state index is 0.0430. The second-order valence-corrected chi connectivity index (χ2v) is 3.91. The lowest BCUT2D eigenvalue weighted by Crippen LogP contribution is -2.10. The van der Waals surface area contributed by atoms with E-state index in [1.165, 1.54) is 0 Å². The zero-order valence-electron chi connectivity index (χ0n) is 9.17. The summed E-state index contributed by atoms with van der Waals surface area (Å²) in [5, 5.41) is 9.84. The first-order valence-corrected chi connectivity index (χ1v) is 5.12. The normalized spacial score (nSPS) is 12.9. The second kappa shape index (κ2) is 4.47. The van der Waals surface area contributed by atoms with E-state index in [1.54, 1.807) is 0 Å². The highest BCUT2D eigenvalue weighted by atomic mass is 16.3. The minimum atomic E-state index is -0.0430. The number of phenols is 1. The number of nitrogens with two attached hydrogens (primary N) is 1. The Hall–Kier alpha value is -1.02. The van der Waals surface area contributed by atoms with E-state index < -0.39 is 0 Å². The van der Waals surface area contributed by atoms with E-state index >= 15 is 0 Å². The molecule has 1 rings (SSSR count). The Balaban J connectivity index is 3.07. The lowest BCUT2D eigenvalue weighted by Gasteiger charge is -2.15. The van der Waals surface area contributed by atoms with Crippen molar-refractivity contribution >= 4 is 0 Å². The molecule has 1 aromatic carbocycles. The summed E-state index contributed by atoms with van der Waals surface area (Å²) in [5.41, 5.74) is 8.93. The van der Waals surface area contributed by atoms with E-state index in [0.717, 1.165) is 29.5 Å². The first-order valence-electron chi connectivity index (χ1n) is 5.12. The molecule has 0 fully saturated rings. The zero-order valence-corrected chi connectivity index (χ0v) is 9.17. The van der Waals surface area contributed by atoms with Crippen LogP contribution in [0.2, 0.25) is 0 Å². The molecule has 1 atom stereocenters. The molecule has 0 heterocycles.